The van der Waals surface area contributed by atoms with Crippen molar-refractivity contribution in [2.75, 3.05) is 12.4 Å². The first kappa shape index (κ1) is 14.8. The second-order valence-electron chi connectivity index (χ2n) is 4.11. The highest BCUT2D eigenvalue weighted by Gasteiger charge is 2.09. The van der Waals surface area contributed by atoms with Gasteiger partial charge in [-0.05, 0) is 6.42 Å². The molecule has 0 aliphatic heterocycles. The van der Waals surface area contributed by atoms with Crippen LogP contribution < -0.4 is 5.32 Å². The average molecular weight is 234 g/mol. The molecule has 1 N–H and O–H groups in total. The van der Waals surface area contributed by atoms with E-state index in [0.717, 1.165) is 13.0 Å². The zero-order valence-electron chi connectivity index (χ0n) is 10.0. The van der Waals surface area contributed by atoms with Gasteiger partial charge in [-0.3, -0.25) is 4.79 Å². The molecule has 1 atom stereocenters. The van der Waals surface area contributed by atoms with Gasteiger partial charge in [0.1, 0.15) is 0 Å². The molecule has 0 radical (unpaired) electrons. The second-order valence-corrected chi connectivity index (χ2v) is 4.42. The molecule has 0 heterocycles. The molecular formula is C12H24ClNO. The second kappa shape index (κ2) is 10.3. The molecule has 0 saturated carbocycles. The Balaban J connectivity index is 3.20. The lowest BCUT2D eigenvalue weighted by atomic mass is 10.1. The van der Waals surface area contributed by atoms with Crippen molar-refractivity contribution in [1.82, 2.24) is 5.32 Å². The molecule has 1 unspecified atom stereocenters. The van der Waals surface area contributed by atoms with Crippen molar-refractivity contribution >= 4 is 17.5 Å². The predicted octanol–water partition coefficient (Wildman–Crippen LogP) is 3.34. The van der Waals surface area contributed by atoms with Gasteiger partial charge in [-0.15, -0.1) is 11.6 Å². The summed E-state index contributed by atoms with van der Waals surface area (Å²) in [6.45, 7) is 4.86. The van der Waals surface area contributed by atoms with Gasteiger partial charge in [-0.25, -0.2) is 0 Å². The number of unbranched alkanes of at least 4 members (excludes halogenated alkanes) is 5. The standard InChI is InChI=1S/C12H24ClNO/c1-3-4-5-6-7-8-9-14-12(15)11(2)10-13/h11H,3-10H2,1-2H3,(H,14,15). The topological polar surface area (TPSA) is 29.1 Å². The van der Waals surface area contributed by atoms with Gasteiger partial charge in [0.2, 0.25) is 5.91 Å². The minimum Gasteiger partial charge on any atom is -0.356 e. The van der Waals surface area contributed by atoms with Gasteiger partial charge in [0.25, 0.3) is 0 Å². The first-order chi connectivity index (χ1) is 7.22. The van der Waals surface area contributed by atoms with Crippen LogP contribution in [0.2, 0.25) is 0 Å². The number of carbonyl (C=O) groups excluding carboxylic acids is 1. The van der Waals surface area contributed by atoms with Gasteiger partial charge in [0.15, 0.2) is 0 Å². The minimum absolute atomic E-state index is 0.0632. The SMILES string of the molecule is CCCCCCCCNC(=O)C(C)CCl. The molecule has 0 aliphatic carbocycles. The lowest BCUT2D eigenvalue weighted by molar-refractivity contribution is -0.123. The first-order valence-electron chi connectivity index (χ1n) is 6.06. The quantitative estimate of drug-likeness (QED) is 0.480. The van der Waals surface area contributed by atoms with E-state index in [1.807, 2.05) is 6.92 Å². The van der Waals surface area contributed by atoms with Gasteiger partial charge in [0.05, 0.1) is 0 Å². The van der Waals surface area contributed by atoms with Gasteiger partial charge in [-0.2, -0.15) is 0 Å². The highest BCUT2D eigenvalue weighted by atomic mass is 35.5. The van der Waals surface area contributed by atoms with Gasteiger partial charge >= 0.3 is 0 Å². The van der Waals surface area contributed by atoms with E-state index in [-0.39, 0.29) is 11.8 Å². The van der Waals surface area contributed by atoms with Gasteiger partial charge in [0, 0.05) is 18.3 Å². The molecule has 0 aromatic carbocycles. The van der Waals surface area contributed by atoms with Crippen LogP contribution in [-0.4, -0.2) is 18.3 Å². The number of amides is 1. The van der Waals surface area contributed by atoms with Crippen molar-refractivity contribution < 1.29 is 4.79 Å². The number of rotatable bonds is 9. The monoisotopic (exact) mass is 233 g/mol. The summed E-state index contributed by atoms with van der Waals surface area (Å²) in [5, 5.41) is 2.90. The van der Waals surface area contributed by atoms with E-state index in [2.05, 4.69) is 12.2 Å². The molecule has 0 fully saturated rings. The van der Waals surface area contributed by atoms with Crippen LogP contribution >= 0.6 is 11.6 Å². The summed E-state index contributed by atoms with van der Waals surface area (Å²) < 4.78 is 0. The van der Waals surface area contributed by atoms with Crippen LogP contribution in [-0.2, 0) is 4.79 Å². The van der Waals surface area contributed by atoms with E-state index in [1.165, 1.54) is 32.1 Å². The first-order valence-corrected chi connectivity index (χ1v) is 6.59. The molecule has 0 aromatic rings. The summed E-state index contributed by atoms with van der Waals surface area (Å²) >= 11 is 5.58. The van der Waals surface area contributed by atoms with Crippen LogP contribution in [0.4, 0.5) is 0 Å². The maximum Gasteiger partial charge on any atom is 0.224 e. The number of nitrogens with one attached hydrogen (secondary N) is 1. The molecule has 3 heteroatoms. The lowest BCUT2D eigenvalue weighted by Crippen LogP contribution is -2.30. The zero-order valence-corrected chi connectivity index (χ0v) is 10.8. The normalized spacial score (nSPS) is 12.5. The molecule has 1 amide bonds. The smallest absolute Gasteiger partial charge is 0.224 e. The van der Waals surface area contributed by atoms with E-state index in [0.29, 0.717) is 5.88 Å². The fourth-order valence-corrected chi connectivity index (χ4v) is 1.50. The lowest BCUT2D eigenvalue weighted by Gasteiger charge is -2.08. The maximum atomic E-state index is 11.3. The van der Waals surface area contributed by atoms with E-state index < -0.39 is 0 Å². The van der Waals surface area contributed by atoms with Crippen molar-refractivity contribution in [2.45, 2.75) is 52.4 Å². The number of carbonyl (C=O) groups is 1. The van der Waals surface area contributed by atoms with Crippen molar-refractivity contribution in [3.63, 3.8) is 0 Å². The molecule has 15 heavy (non-hydrogen) atoms. The van der Waals surface area contributed by atoms with Crippen molar-refractivity contribution in [3.8, 4) is 0 Å². The molecule has 0 aromatic heterocycles. The largest absolute Gasteiger partial charge is 0.356 e. The summed E-state index contributed by atoms with van der Waals surface area (Å²) in [4.78, 5) is 11.3. The molecule has 0 rings (SSSR count). The van der Waals surface area contributed by atoms with Crippen LogP contribution in [0.25, 0.3) is 0 Å². The van der Waals surface area contributed by atoms with Crippen molar-refractivity contribution in [3.05, 3.63) is 0 Å². The van der Waals surface area contributed by atoms with Gasteiger partial charge < -0.3 is 5.32 Å². The molecule has 0 aliphatic rings. The summed E-state index contributed by atoms with van der Waals surface area (Å²) in [6.07, 6.45) is 7.52. The average Bonchev–Trinajstić information content (AvgIpc) is 2.26. The maximum absolute atomic E-state index is 11.3. The summed E-state index contributed by atoms with van der Waals surface area (Å²) in [5.74, 6) is 0.424. The van der Waals surface area contributed by atoms with Crippen molar-refractivity contribution in [2.24, 2.45) is 5.92 Å². The van der Waals surface area contributed by atoms with E-state index >= 15 is 0 Å². The Morgan fingerprint density at radius 1 is 1.20 bits per heavy atom. The predicted molar refractivity (Wildman–Crippen MR) is 66.3 cm³/mol. The van der Waals surface area contributed by atoms with Crippen LogP contribution in [0.15, 0.2) is 0 Å². The summed E-state index contributed by atoms with van der Waals surface area (Å²) in [5.41, 5.74) is 0. The number of halogens is 1. The minimum atomic E-state index is -0.0632. The molecule has 90 valence electrons. The fraction of sp³-hybridized carbons (Fsp3) is 0.917. The Morgan fingerprint density at radius 2 is 1.80 bits per heavy atom. The van der Waals surface area contributed by atoms with Gasteiger partial charge in [-0.1, -0.05) is 46.0 Å². The molecular weight excluding hydrogens is 210 g/mol. The summed E-state index contributed by atoms with van der Waals surface area (Å²) in [6, 6.07) is 0. The number of hydrogen-bond donors (Lipinski definition) is 1. The van der Waals surface area contributed by atoms with Crippen molar-refractivity contribution in [1.29, 1.82) is 0 Å². The number of alkyl halides is 1. The third-order valence-corrected chi connectivity index (χ3v) is 2.97. The highest BCUT2D eigenvalue weighted by Crippen LogP contribution is 2.04. The Morgan fingerprint density at radius 3 is 2.40 bits per heavy atom. The van der Waals surface area contributed by atoms with E-state index in [9.17, 15) is 4.79 Å². The third kappa shape index (κ3) is 8.73. The third-order valence-electron chi connectivity index (χ3n) is 2.51. The molecule has 0 spiro atoms. The van der Waals surface area contributed by atoms with E-state index in [4.69, 9.17) is 11.6 Å². The Labute approximate surface area is 98.8 Å². The zero-order chi connectivity index (χ0) is 11.5. The Bertz CT molecular complexity index is 162. The molecule has 2 nitrogen and oxygen atoms in total. The van der Waals surface area contributed by atoms with E-state index in [1.54, 1.807) is 0 Å². The van der Waals surface area contributed by atoms with Crippen LogP contribution in [0.5, 0.6) is 0 Å². The Kier molecular flexibility index (Phi) is 10.1. The fourth-order valence-electron chi connectivity index (χ4n) is 1.36. The summed E-state index contributed by atoms with van der Waals surface area (Å²) in [7, 11) is 0. The van der Waals surface area contributed by atoms with Crippen LogP contribution in [0.3, 0.4) is 0 Å². The molecule has 0 saturated heterocycles. The molecule has 0 bridgehead atoms. The van der Waals surface area contributed by atoms with Crippen LogP contribution in [0, 0.1) is 5.92 Å². The van der Waals surface area contributed by atoms with Crippen LogP contribution in [0.1, 0.15) is 52.4 Å². The Hall–Kier alpha value is -0.240. The number of hydrogen-bond acceptors (Lipinski definition) is 1. The highest BCUT2D eigenvalue weighted by molar-refractivity contribution is 6.19.